The number of pyridine rings is 1. The standard InChI is InChI=1S/C13H21N3O2/c1-10(9-18-3)16-13(17)8-15-11(2)12-6-4-5-7-14-12/h4-7,10-11,15H,8-9H2,1-3H3,(H,16,17)/t10?,11-/m0/s1. The number of hydrogen-bond acceptors (Lipinski definition) is 4. The number of methoxy groups -OCH3 is 1. The lowest BCUT2D eigenvalue weighted by molar-refractivity contribution is -0.121. The van der Waals surface area contributed by atoms with Crippen molar-refractivity contribution in [1.82, 2.24) is 15.6 Å². The van der Waals surface area contributed by atoms with Crippen LogP contribution >= 0.6 is 0 Å². The van der Waals surface area contributed by atoms with Crippen molar-refractivity contribution in [3.05, 3.63) is 30.1 Å². The normalized spacial score (nSPS) is 13.9. The Morgan fingerprint density at radius 1 is 1.44 bits per heavy atom. The molecule has 100 valence electrons. The molecule has 0 radical (unpaired) electrons. The first-order chi connectivity index (χ1) is 8.63. The van der Waals surface area contributed by atoms with Gasteiger partial charge in [0.1, 0.15) is 0 Å². The maximum absolute atomic E-state index is 11.6. The summed E-state index contributed by atoms with van der Waals surface area (Å²) in [6.45, 7) is 4.67. The van der Waals surface area contributed by atoms with Gasteiger partial charge in [-0.2, -0.15) is 0 Å². The van der Waals surface area contributed by atoms with E-state index in [-0.39, 0.29) is 24.5 Å². The first-order valence-corrected chi connectivity index (χ1v) is 6.06. The van der Waals surface area contributed by atoms with Crippen LogP contribution in [0.15, 0.2) is 24.4 Å². The van der Waals surface area contributed by atoms with Crippen LogP contribution in [0.4, 0.5) is 0 Å². The van der Waals surface area contributed by atoms with Crippen molar-refractivity contribution in [1.29, 1.82) is 0 Å². The molecule has 2 N–H and O–H groups in total. The largest absolute Gasteiger partial charge is 0.383 e. The Hall–Kier alpha value is -1.46. The number of hydrogen-bond donors (Lipinski definition) is 2. The number of carbonyl (C=O) groups is 1. The summed E-state index contributed by atoms with van der Waals surface area (Å²) in [6, 6.07) is 5.81. The first kappa shape index (κ1) is 14.6. The van der Waals surface area contributed by atoms with E-state index in [1.807, 2.05) is 32.0 Å². The zero-order chi connectivity index (χ0) is 13.4. The van der Waals surface area contributed by atoms with Gasteiger partial charge in [0.05, 0.1) is 18.8 Å². The van der Waals surface area contributed by atoms with Crippen molar-refractivity contribution in [2.75, 3.05) is 20.3 Å². The van der Waals surface area contributed by atoms with E-state index in [4.69, 9.17) is 4.74 Å². The summed E-state index contributed by atoms with van der Waals surface area (Å²) in [5.41, 5.74) is 0.926. The molecule has 0 saturated heterocycles. The molecule has 1 aromatic heterocycles. The third-order valence-electron chi connectivity index (χ3n) is 2.52. The monoisotopic (exact) mass is 251 g/mol. The second kappa shape index (κ2) is 7.79. The molecule has 1 amide bonds. The van der Waals surface area contributed by atoms with Gasteiger partial charge in [0.25, 0.3) is 0 Å². The summed E-state index contributed by atoms with van der Waals surface area (Å²) in [5, 5.41) is 5.97. The highest BCUT2D eigenvalue weighted by Crippen LogP contribution is 2.06. The summed E-state index contributed by atoms with van der Waals surface area (Å²) in [4.78, 5) is 15.8. The van der Waals surface area contributed by atoms with Gasteiger partial charge in [-0.25, -0.2) is 0 Å². The van der Waals surface area contributed by atoms with Crippen LogP contribution in [-0.2, 0) is 9.53 Å². The van der Waals surface area contributed by atoms with Crippen LogP contribution in [0.5, 0.6) is 0 Å². The quantitative estimate of drug-likeness (QED) is 0.755. The Morgan fingerprint density at radius 2 is 2.22 bits per heavy atom. The molecule has 5 heteroatoms. The first-order valence-electron chi connectivity index (χ1n) is 6.06. The van der Waals surface area contributed by atoms with E-state index in [1.54, 1.807) is 13.3 Å². The molecule has 0 spiro atoms. The average molecular weight is 251 g/mol. The van der Waals surface area contributed by atoms with E-state index in [9.17, 15) is 4.79 Å². The van der Waals surface area contributed by atoms with E-state index in [1.165, 1.54) is 0 Å². The fourth-order valence-electron chi connectivity index (χ4n) is 1.60. The molecule has 1 aromatic rings. The maximum atomic E-state index is 11.6. The second-order valence-corrected chi connectivity index (χ2v) is 4.28. The number of rotatable bonds is 7. The molecule has 0 aliphatic heterocycles. The van der Waals surface area contributed by atoms with Crippen molar-refractivity contribution in [2.24, 2.45) is 0 Å². The lowest BCUT2D eigenvalue weighted by Gasteiger charge is -2.15. The minimum atomic E-state index is -0.0395. The van der Waals surface area contributed by atoms with E-state index in [0.29, 0.717) is 6.61 Å². The van der Waals surface area contributed by atoms with Gasteiger partial charge >= 0.3 is 0 Å². The second-order valence-electron chi connectivity index (χ2n) is 4.28. The molecule has 0 saturated carbocycles. The van der Waals surface area contributed by atoms with Gasteiger partial charge in [0, 0.05) is 25.4 Å². The summed E-state index contributed by atoms with van der Waals surface area (Å²) in [5.74, 6) is -0.0395. The fraction of sp³-hybridized carbons (Fsp3) is 0.538. The highest BCUT2D eigenvalue weighted by molar-refractivity contribution is 5.78. The molecule has 0 aliphatic carbocycles. The van der Waals surface area contributed by atoms with Crippen LogP contribution in [0.2, 0.25) is 0 Å². The molecule has 0 bridgehead atoms. The van der Waals surface area contributed by atoms with E-state index in [0.717, 1.165) is 5.69 Å². The van der Waals surface area contributed by atoms with Crippen LogP contribution < -0.4 is 10.6 Å². The number of nitrogens with one attached hydrogen (secondary N) is 2. The Bertz CT molecular complexity index is 357. The molecule has 0 fully saturated rings. The van der Waals surface area contributed by atoms with E-state index < -0.39 is 0 Å². The van der Waals surface area contributed by atoms with Gasteiger partial charge in [0.2, 0.25) is 5.91 Å². The van der Waals surface area contributed by atoms with Crippen LogP contribution in [0, 0.1) is 0 Å². The Labute approximate surface area is 108 Å². The Balaban J connectivity index is 2.30. The topological polar surface area (TPSA) is 63.2 Å². The van der Waals surface area contributed by atoms with E-state index >= 15 is 0 Å². The third-order valence-corrected chi connectivity index (χ3v) is 2.52. The molecule has 0 aliphatic rings. The van der Waals surface area contributed by atoms with E-state index in [2.05, 4.69) is 15.6 Å². The molecule has 18 heavy (non-hydrogen) atoms. The Kier molecular flexibility index (Phi) is 6.32. The number of nitrogens with zero attached hydrogens (tertiary/aromatic N) is 1. The molecule has 1 unspecified atom stereocenters. The zero-order valence-electron chi connectivity index (χ0n) is 11.1. The predicted molar refractivity (Wildman–Crippen MR) is 70.1 cm³/mol. The van der Waals surface area contributed by atoms with Gasteiger partial charge in [0.15, 0.2) is 0 Å². The fourth-order valence-corrected chi connectivity index (χ4v) is 1.60. The zero-order valence-corrected chi connectivity index (χ0v) is 11.1. The molecular formula is C13H21N3O2. The van der Waals surface area contributed by atoms with Crippen molar-refractivity contribution < 1.29 is 9.53 Å². The highest BCUT2D eigenvalue weighted by Gasteiger charge is 2.10. The Morgan fingerprint density at radius 3 is 2.83 bits per heavy atom. The van der Waals surface area contributed by atoms with Crippen molar-refractivity contribution >= 4 is 5.91 Å². The lowest BCUT2D eigenvalue weighted by atomic mass is 10.2. The summed E-state index contributed by atoms with van der Waals surface area (Å²) >= 11 is 0. The molecular weight excluding hydrogens is 230 g/mol. The van der Waals surface area contributed by atoms with Gasteiger partial charge in [-0.1, -0.05) is 6.07 Å². The number of ether oxygens (including phenoxy) is 1. The molecule has 1 rings (SSSR count). The molecule has 5 nitrogen and oxygen atoms in total. The molecule has 2 atom stereocenters. The van der Waals surface area contributed by atoms with Gasteiger partial charge in [-0.3, -0.25) is 9.78 Å². The summed E-state index contributed by atoms with van der Waals surface area (Å²) < 4.78 is 4.95. The highest BCUT2D eigenvalue weighted by atomic mass is 16.5. The van der Waals surface area contributed by atoms with Crippen molar-refractivity contribution in [3.63, 3.8) is 0 Å². The molecule has 0 aromatic carbocycles. The van der Waals surface area contributed by atoms with Gasteiger partial charge in [-0.15, -0.1) is 0 Å². The summed E-state index contributed by atoms with van der Waals surface area (Å²) in [6.07, 6.45) is 1.74. The average Bonchev–Trinajstić information content (AvgIpc) is 2.37. The number of carbonyl (C=O) groups excluding carboxylic acids is 1. The predicted octanol–water partition coefficient (Wildman–Crippen LogP) is 0.883. The van der Waals surface area contributed by atoms with Crippen LogP contribution in [0.3, 0.4) is 0 Å². The summed E-state index contributed by atoms with van der Waals surface area (Å²) in [7, 11) is 1.62. The lowest BCUT2D eigenvalue weighted by Crippen LogP contribution is -2.41. The smallest absolute Gasteiger partial charge is 0.234 e. The van der Waals surface area contributed by atoms with Gasteiger partial charge < -0.3 is 15.4 Å². The van der Waals surface area contributed by atoms with Gasteiger partial charge in [-0.05, 0) is 26.0 Å². The number of amides is 1. The third kappa shape index (κ3) is 5.25. The minimum absolute atomic E-state index is 0.0226. The minimum Gasteiger partial charge on any atom is -0.383 e. The molecule has 1 heterocycles. The number of aromatic nitrogens is 1. The maximum Gasteiger partial charge on any atom is 0.234 e. The van der Waals surface area contributed by atoms with Crippen LogP contribution in [0.1, 0.15) is 25.6 Å². The SMILES string of the molecule is COCC(C)NC(=O)CN[C@@H](C)c1ccccn1. The van der Waals surface area contributed by atoms with Crippen molar-refractivity contribution in [3.8, 4) is 0 Å². The van der Waals surface area contributed by atoms with Crippen molar-refractivity contribution in [2.45, 2.75) is 25.9 Å². The van der Waals surface area contributed by atoms with Crippen LogP contribution in [-0.4, -0.2) is 37.2 Å². The van der Waals surface area contributed by atoms with Crippen LogP contribution in [0.25, 0.3) is 0 Å².